The quantitative estimate of drug-likeness (QED) is 0.791. The molecule has 0 heterocycles. The van der Waals surface area contributed by atoms with Gasteiger partial charge in [0.2, 0.25) is 0 Å². The van der Waals surface area contributed by atoms with Gasteiger partial charge in [0.1, 0.15) is 5.75 Å². The first-order valence-electron chi connectivity index (χ1n) is 5.67. The van der Waals surface area contributed by atoms with Crippen LogP contribution in [0.15, 0.2) is 36.4 Å². The molecule has 0 aliphatic heterocycles. The molecule has 98 valence electrons. The van der Waals surface area contributed by atoms with E-state index in [1.807, 2.05) is 6.92 Å². The van der Waals surface area contributed by atoms with Gasteiger partial charge in [0.25, 0.3) is 0 Å². The second-order valence-corrected chi connectivity index (χ2v) is 4.16. The number of benzene rings is 2. The molecule has 0 radical (unpaired) electrons. The normalized spacial score (nSPS) is 10.3. The Morgan fingerprint density at radius 3 is 2.42 bits per heavy atom. The van der Waals surface area contributed by atoms with Crippen LogP contribution in [0, 0.1) is 18.6 Å². The lowest BCUT2D eigenvalue weighted by Crippen LogP contribution is -2.05. The van der Waals surface area contributed by atoms with Gasteiger partial charge in [0.15, 0.2) is 17.4 Å². The number of hydrogen-bond donors (Lipinski definition) is 0. The molecule has 19 heavy (non-hydrogen) atoms. The van der Waals surface area contributed by atoms with Crippen molar-refractivity contribution < 1.29 is 18.3 Å². The minimum absolute atomic E-state index is 0.0859. The van der Waals surface area contributed by atoms with E-state index in [9.17, 15) is 13.6 Å². The average molecular weight is 262 g/mol. The summed E-state index contributed by atoms with van der Waals surface area (Å²) < 4.78 is 31.1. The molecule has 2 aromatic rings. The summed E-state index contributed by atoms with van der Waals surface area (Å²) in [5.74, 6) is -2.02. The van der Waals surface area contributed by atoms with Crippen LogP contribution in [-0.2, 0) is 0 Å². The molecule has 0 atom stereocenters. The molecule has 0 aliphatic carbocycles. The van der Waals surface area contributed by atoms with E-state index in [1.54, 1.807) is 18.2 Å². The molecule has 2 aromatic carbocycles. The maximum absolute atomic E-state index is 13.2. The van der Waals surface area contributed by atoms with Crippen LogP contribution in [0.1, 0.15) is 21.5 Å². The molecule has 0 bridgehead atoms. The Labute approximate surface area is 109 Å². The highest BCUT2D eigenvalue weighted by Crippen LogP contribution is 2.23. The number of ether oxygens (including phenoxy) is 1. The van der Waals surface area contributed by atoms with Crippen molar-refractivity contribution >= 4 is 5.78 Å². The van der Waals surface area contributed by atoms with Crippen molar-refractivity contribution in [3.63, 3.8) is 0 Å². The molecular weight excluding hydrogens is 250 g/mol. The molecule has 0 N–H and O–H groups in total. The van der Waals surface area contributed by atoms with Gasteiger partial charge in [-0.25, -0.2) is 8.78 Å². The van der Waals surface area contributed by atoms with Gasteiger partial charge in [-0.3, -0.25) is 4.79 Å². The fourth-order valence-corrected chi connectivity index (χ4v) is 1.79. The number of rotatable bonds is 3. The van der Waals surface area contributed by atoms with Gasteiger partial charge in [-0.15, -0.1) is 0 Å². The Bertz CT molecular complexity index is 636. The van der Waals surface area contributed by atoms with Crippen LogP contribution < -0.4 is 4.74 Å². The van der Waals surface area contributed by atoms with Crippen LogP contribution >= 0.6 is 0 Å². The maximum atomic E-state index is 13.2. The Morgan fingerprint density at radius 1 is 1.05 bits per heavy atom. The highest BCUT2D eigenvalue weighted by atomic mass is 19.2. The van der Waals surface area contributed by atoms with Crippen molar-refractivity contribution in [3.8, 4) is 5.75 Å². The Kier molecular flexibility index (Phi) is 3.60. The third-order valence-corrected chi connectivity index (χ3v) is 2.78. The smallest absolute Gasteiger partial charge is 0.196 e. The van der Waals surface area contributed by atoms with Crippen LogP contribution in [0.5, 0.6) is 5.75 Å². The third-order valence-electron chi connectivity index (χ3n) is 2.78. The van der Waals surface area contributed by atoms with Crippen molar-refractivity contribution in [2.75, 3.05) is 7.11 Å². The van der Waals surface area contributed by atoms with Gasteiger partial charge in [-0.2, -0.15) is 0 Å². The molecule has 0 saturated carbocycles. The summed E-state index contributed by atoms with van der Waals surface area (Å²) in [5.41, 5.74) is 1.29. The summed E-state index contributed by atoms with van der Waals surface area (Å²) in [4.78, 5) is 12.3. The predicted octanol–water partition coefficient (Wildman–Crippen LogP) is 3.51. The van der Waals surface area contributed by atoms with E-state index in [0.29, 0.717) is 11.3 Å². The first-order valence-corrected chi connectivity index (χ1v) is 5.67. The lowest BCUT2D eigenvalue weighted by atomic mass is 10.0. The van der Waals surface area contributed by atoms with Crippen molar-refractivity contribution in [2.45, 2.75) is 6.92 Å². The van der Waals surface area contributed by atoms with Crippen molar-refractivity contribution in [2.24, 2.45) is 0 Å². The summed E-state index contributed by atoms with van der Waals surface area (Å²) in [6.45, 7) is 1.83. The molecule has 0 aromatic heterocycles. The summed E-state index contributed by atoms with van der Waals surface area (Å²) in [7, 11) is 1.45. The summed E-state index contributed by atoms with van der Waals surface area (Å²) >= 11 is 0. The molecule has 0 fully saturated rings. The third kappa shape index (κ3) is 2.62. The Morgan fingerprint density at radius 2 is 1.79 bits per heavy atom. The molecule has 0 spiro atoms. The van der Waals surface area contributed by atoms with Crippen molar-refractivity contribution in [1.82, 2.24) is 0 Å². The predicted molar refractivity (Wildman–Crippen MR) is 67.5 cm³/mol. The Hall–Kier alpha value is -2.23. The van der Waals surface area contributed by atoms with Gasteiger partial charge < -0.3 is 4.74 Å². The maximum Gasteiger partial charge on any atom is 0.196 e. The first kappa shape index (κ1) is 13.2. The molecule has 2 rings (SSSR count). The number of aryl methyl sites for hydroxylation is 1. The standard InChI is InChI=1S/C15H12F2O2/c1-9-3-6-14(19-2)11(7-9)15(18)10-4-5-12(16)13(17)8-10/h3-8H,1-2H3. The molecule has 0 aliphatic rings. The molecule has 0 amide bonds. The lowest BCUT2D eigenvalue weighted by molar-refractivity contribution is 0.103. The number of methoxy groups -OCH3 is 1. The topological polar surface area (TPSA) is 26.3 Å². The van der Waals surface area contributed by atoms with E-state index < -0.39 is 17.4 Å². The zero-order valence-corrected chi connectivity index (χ0v) is 10.5. The second kappa shape index (κ2) is 5.18. The second-order valence-electron chi connectivity index (χ2n) is 4.16. The largest absolute Gasteiger partial charge is 0.496 e. The molecule has 4 heteroatoms. The van der Waals surface area contributed by atoms with Gasteiger partial charge in [0, 0.05) is 5.56 Å². The van der Waals surface area contributed by atoms with Crippen LogP contribution in [0.3, 0.4) is 0 Å². The zero-order chi connectivity index (χ0) is 14.0. The molecular formula is C15H12F2O2. The van der Waals surface area contributed by atoms with Crippen molar-refractivity contribution in [3.05, 3.63) is 64.7 Å². The van der Waals surface area contributed by atoms with E-state index in [0.717, 1.165) is 17.7 Å². The number of carbonyl (C=O) groups is 1. The number of ketones is 1. The van der Waals surface area contributed by atoms with Gasteiger partial charge in [-0.05, 0) is 37.3 Å². The average Bonchev–Trinajstić information content (AvgIpc) is 2.41. The minimum atomic E-state index is -1.04. The molecule has 2 nitrogen and oxygen atoms in total. The minimum Gasteiger partial charge on any atom is -0.496 e. The molecule has 0 unspecified atom stereocenters. The van der Waals surface area contributed by atoms with Gasteiger partial charge >= 0.3 is 0 Å². The van der Waals surface area contributed by atoms with Crippen molar-refractivity contribution in [1.29, 1.82) is 0 Å². The number of carbonyl (C=O) groups excluding carboxylic acids is 1. The van der Waals surface area contributed by atoms with E-state index in [-0.39, 0.29) is 5.56 Å². The fraction of sp³-hybridized carbons (Fsp3) is 0.133. The highest BCUT2D eigenvalue weighted by molar-refractivity contribution is 6.10. The zero-order valence-electron chi connectivity index (χ0n) is 10.5. The highest BCUT2D eigenvalue weighted by Gasteiger charge is 2.16. The summed E-state index contributed by atoms with van der Waals surface area (Å²) in [6, 6.07) is 8.21. The number of halogens is 2. The summed E-state index contributed by atoms with van der Waals surface area (Å²) in [6.07, 6.45) is 0. The van der Waals surface area contributed by atoms with Gasteiger partial charge in [-0.1, -0.05) is 11.6 Å². The van der Waals surface area contributed by atoms with Crippen LogP contribution in [-0.4, -0.2) is 12.9 Å². The van der Waals surface area contributed by atoms with Crippen LogP contribution in [0.2, 0.25) is 0 Å². The van der Waals surface area contributed by atoms with Crippen LogP contribution in [0.25, 0.3) is 0 Å². The monoisotopic (exact) mass is 262 g/mol. The van der Waals surface area contributed by atoms with E-state index in [2.05, 4.69) is 0 Å². The fourth-order valence-electron chi connectivity index (χ4n) is 1.79. The Balaban J connectivity index is 2.49. The van der Waals surface area contributed by atoms with E-state index in [1.165, 1.54) is 13.2 Å². The first-order chi connectivity index (χ1) is 9.02. The SMILES string of the molecule is COc1ccc(C)cc1C(=O)c1ccc(F)c(F)c1. The van der Waals surface area contributed by atoms with Gasteiger partial charge in [0.05, 0.1) is 12.7 Å². The van der Waals surface area contributed by atoms with E-state index in [4.69, 9.17) is 4.74 Å². The van der Waals surface area contributed by atoms with Crippen LogP contribution in [0.4, 0.5) is 8.78 Å². The summed E-state index contributed by atoms with van der Waals surface area (Å²) in [5, 5.41) is 0. The lowest BCUT2D eigenvalue weighted by Gasteiger charge is -2.09. The number of hydrogen-bond acceptors (Lipinski definition) is 2. The van der Waals surface area contributed by atoms with E-state index >= 15 is 0 Å². The molecule has 0 saturated heterocycles.